The van der Waals surface area contributed by atoms with Crippen LogP contribution in [0.3, 0.4) is 0 Å². The van der Waals surface area contributed by atoms with E-state index in [9.17, 15) is 14.4 Å². The Balaban J connectivity index is 1.61. The summed E-state index contributed by atoms with van der Waals surface area (Å²) in [6, 6.07) is 7.73. The lowest BCUT2D eigenvalue weighted by Crippen LogP contribution is -2.36. The second kappa shape index (κ2) is 10.6. The molecule has 0 atom stereocenters. The summed E-state index contributed by atoms with van der Waals surface area (Å²) in [5, 5.41) is 5.63. The molecule has 0 heterocycles. The van der Waals surface area contributed by atoms with Gasteiger partial charge >= 0.3 is 5.97 Å². The maximum Gasteiger partial charge on any atom is 0.306 e. The maximum atomic E-state index is 11.8. The molecule has 1 aliphatic rings. The average molecular weight is 360 g/mol. The molecule has 0 aromatic heterocycles. The molecule has 0 aliphatic heterocycles. The number of carbonyl (C=O) groups is 3. The van der Waals surface area contributed by atoms with E-state index in [2.05, 4.69) is 17.6 Å². The van der Waals surface area contributed by atoms with Crippen molar-refractivity contribution in [3.05, 3.63) is 29.8 Å². The molecule has 0 unspecified atom stereocenters. The molecule has 2 amide bonds. The summed E-state index contributed by atoms with van der Waals surface area (Å²) < 4.78 is 4.93. The number of ether oxygens (including phenoxy) is 1. The Morgan fingerprint density at radius 2 is 1.69 bits per heavy atom. The molecule has 2 rings (SSSR count). The van der Waals surface area contributed by atoms with E-state index < -0.39 is 11.9 Å². The summed E-state index contributed by atoms with van der Waals surface area (Å²) in [6.45, 7) is 1.71. The zero-order valence-corrected chi connectivity index (χ0v) is 15.4. The molecule has 26 heavy (non-hydrogen) atoms. The van der Waals surface area contributed by atoms with E-state index in [4.69, 9.17) is 4.74 Å². The van der Waals surface area contributed by atoms with Gasteiger partial charge in [0.1, 0.15) is 0 Å². The van der Waals surface area contributed by atoms with Crippen molar-refractivity contribution in [2.45, 2.75) is 64.3 Å². The van der Waals surface area contributed by atoms with Crippen molar-refractivity contribution < 1.29 is 19.1 Å². The first kappa shape index (κ1) is 19.9. The van der Waals surface area contributed by atoms with Crippen molar-refractivity contribution in [1.29, 1.82) is 0 Å². The third-order valence-corrected chi connectivity index (χ3v) is 4.54. The van der Waals surface area contributed by atoms with Crippen molar-refractivity contribution in [2.75, 3.05) is 11.9 Å². The number of anilines is 1. The number of aryl methyl sites for hydroxylation is 1. The zero-order chi connectivity index (χ0) is 18.8. The van der Waals surface area contributed by atoms with Gasteiger partial charge in [-0.3, -0.25) is 14.4 Å². The lowest BCUT2D eigenvalue weighted by Gasteiger charge is -2.22. The summed E-state index contributed by atoms with van der Waals surface area (Å²) in [4.78, 5) is 35.4. The van der Waals surface area contributed by atoms with Gasteiger partial charge < -0.3 is 15.4 Å². The minimum absolute atomic E-state index is 0.0168. The first-order chi connectivity index (χ1) is 12.6. The molecule has 6 nitrogen and oxygen atoms in total. The number of hydrogen-bond donors (Lipinski definition) is 2. The van der Waals surface area contributed by atoms with Gasteiger partial charge in [-0.25, -0.2) is 0 Å². The van der Waals surface area contributed by atoms with Crippen LogP contribution in [0.4, 0.5) is 5.69 Å². The molecule has 6 heteroatoms. The first-order valence-corrected chi connectivity index (χ1v) is 9.40. The molecule has 0 bridgehead atoms. The fraction of sp³-hybridized carbons (Fsp3) is 0.550. The van der Waals surface area contributed by atoms with Crippen LogP contribution in [-0.2, 0) is 25.5 Å². The van der Waals surface area contributed by atoms with E-state index >= 15 is 0 Å². The molecule has 142 valence electrons. The summed E-state index contributed by atoms with van der Waals surface area (Å²) in [5.41, 5.74) is 1.84. The lowest BCUT2D eigenvalue weighted by molar-refractivity contribution is -0.148. The van der Waals surface area contributed by atoms with Crippen LogP contribution in [0.2, 0.25) is 0 Å². The monoisotopic (exact) mass is 360 g/mol. The molecular formula is C20H28N2O4. The molecule has 1 aromatic rings. The van der Waals surface area contributed by atoms with Crippen LogP contribution >= 0.6 is 0 Å². The van der Waals surface area contributed by atoms with E-state index in [1.54, 1.807) is 0 Å². The number of amides is 2. The van der Waals surface area contributed by atoms with Gasteiger partial charge in [0.05, 0.1) is 6.42 Å². The van der Waals surface area contributed by atoms with Crippen molar-refractivity contribution in [1.82, 2.24) is 5.32 Å². The number of nitrogens with one attached hydrogen (secondary N) is 2. The van der Waals surface area contributed by atoms with Crippen LogP contribution in [0.5, 0.6) is 0 Å². The molecule has 0 spiro atoms. The SMILES string of the molecule is CCc1ccc(NC(=O)COC(=O)CCC(=O)NC2CCCCC2)cc1. The minimum atomic E-state index is -0.541. The highest BCUT2D eigenvalue weighted by Crippen LogP contribution is 2.17. The highest BCUT2D eigenvalue weighted by molar-refractivity contribution is 5.93. The Bertz CT molecular complexity index is 607. The Morgan fingerprint density at radius 3 is 2.35 bits per heavy atom. The van der Waals surface area contributed by atoms with Crippen molar-refractivity contribution in [3.63, 3.8) is 0 Å². The predicted molar refractivity (Wildman–Crippen MR) is 99.7 cm³/mol. The number of benzene rings is 1. The molecule has 1 aliphatic carbocycles. The van der Waals surface area contributed by atoms with Crippen LogP contribution in [-0.4, -0.2) is 30.4 Å². The van der Waals surface area contributed by atoms with Gasteiger partial charge in [0.2, 0.25) is 5.91 Å². The third-order valence-electron chi connectivity index (χ3n) is 4.54. The van der Waals surface area contributed by atoms with Crippen LogP contribution in [0.25, 0.3) is 0 Å². The highest BCUT2D eigenvalue weighted by atomic mass is 16.5. The van der Waals surface area contributed by atoms with Crippen LogP contribution in [0, 0.1) is 0 Å². The zero-order valence-electron chi connectivity index (χ0n) is 15.4. The van der Waals surface area contributed by atoms with Crippen LogP contribution < -0.4 is 10.6 Å². The topological polar surface area (TPSA) is 84.5 Å². The number of carbonyl (C=O) groups excluding carboxylic acids is 3. The standard InChI is InChI=1S/C20H28N2O4/c1-2-15-8-10-17(11-9-15)22-19(24)14-26-20(25)13-12-18(23)21-16-6-4-3-5-7-16/h8-11,16H,2-7,12-14H2,1H3,(H,21,23)(H,22,24). The highest BCUT2D eigenvalue weighted by Gasteiger charge is 2.16. The fourth-order valence-corrected chi connectivity index (χ4v) is 3.00. The quantitative estimate of drug-likeness (QED) is 0.698. The van der Waals surface area contributed by atoms with Gasteiger partial charge in [-0.15, -0.1) is 0 Å². The van der Waals surface area contributed by atoms with Crippen molar-refractivity contribution in [3.8, 4) is 0 Å². The van der Waals surface area contributed by atoms with Gasteiger partial charge in [-0.2, -0.15) is 0 Å². The van der Waals surface area contributed by atoms with Crippen molar-refractivity contribution in [2.24, 2.45) is 0 Å². The molecular weight excluding hydrogens is 332 g/mol. The molecule has 2 N–H and O–H groups in total. The second-order valence-electron chi connectivity index (χ2n) is 6.66. The van der Waals surface area contributed by atoms with E-state index in [1.165, 1.54) is 12.0 Å². The molecule has 1 aromatic carbocycles. The smallest absolute Gasteiger partial charge is 0.306 e. The van der Waals surface area contributed by atoms with Crippen LogP contribution in [0.1, 0.15) is 57.4 Å². The second-order valence-corrected chi connectivity index (χ2v) is 6.66. The Kier molecular flexibility index (Phi) is 8.12. The molecule has 1 fully saturated rings. The van der Waals surface area contributed by atoms with Gasteiger partial charge in [0, 0.05) is 18.2 Å². The Labute approximate surface area is 154 Å². The normalized spacial score (nSPS) is 14.5. The Morgan fingerprint density at radius 1 is 1.00 bits per heavy atom. The lowest BCUT2D eigenvalue weighted by atomic mass is 9.95. The number of rotatable bonds is 8. The summed E-state index contributed by atoms with van der Waals surface area (Å²) >= 11 is 0. The molecule has 0 radical (unpaired) electrons. The van der Waals surface area contributed by atoms with Crippen LogP contribution in [0.15, 0.2) is 24.3 Å². The van der Waals surface area contributed by atoms with Gasteiger partial charge in [-0.05, 0) is 37.0 Å². The summed E-state index contributed by atoms with van der Waals surface area (Å²) in [7, 11) is 0. The first-order valence-electron chi connectivity index (χ1n) is 9.40. The summed E-state index contributed by atoms with van der Waals surface area (Å²) in [5.74, 6) is -1.07. The van der Waals surface area contributed by atoms with E-state index in [0.717, 1.165) is 32.1 Å². The van der Waals surface area contributed by atoms with Gasteiger partial charge in [0.15, 0.2) is 6.61 Å². The van der Waals surface area contributed by atoms with E-state index in [0.29, 0.717) is 5.69 Å². The maximum absolute atomic E-state index is 11.8. The van der Waals surface area contributed by atoms with Gasteiger partial charge in [-0.1, -0.05) is 38.3 Å². The third kappa shape index (κ3) is 7.25. The summed E-state index contributed by atoms with van der Waals surface area (Å²) in [6.07, 6.45) is 6.54. The van der Waals surface area contributed by atoms with E-state index in [1.807, 2.05) is 24.3 Å². The average Bonchev–Trinajstić information content (AvgIpc) is 2.66. The fourth-order valence-electron chi connectivity index (χ4n) is 3.00. The number of esters is 1. The number of hydrogen-bond acceptors (Lipinski definition) is 4. The largest absolute Gasteiger partial charge is 0.456 e. The van der Waals surface area contributed by atoms with Gasteiger partial charge in [0.25, 0.3) is 5.91 Å². The molecule has 0 saturated heterocycles. The van der Waals surface area contributed by atoms with E-state index in [-0.39, 0.29) is 31.4 Å². The van der Waals surface area contributed by atoms with Crippen molar-refractivity contribution >= 4 is 23.5 Å². The molecule has 1 saturated carbocycles. The Hall–Kier alpha value is -2.37. The minimum Gasteiger partial charge on any atom is -0.456 e. The predicted octanol–water partition coefficient (Wildman–Crippen LogP) is 2.96.